The Morgan fingerprint density at radius 1 is 1.02 bits per heavy atom. The van der Waals surface area contributed by atoms with Gasteiger partial charge in [-0.3, -0.25) is 14.7 Å². The molecule has 3 heterocycles. The van der Waals surface area contributed by atoms with Crippen LogP contribution in [0.1, 0.15) is 52.2 Å². The van der Waals surface area contributed by atoms with Crippen LogP contribution in [0.25, 0.3) is 6.08 Å². The molecule has 0 aliphatic carbocycles. The second-order valence-corrected chi connectivity index (χ2v) is 11.2. The van der Waals surface area contributed by atoms with Crippen LogP contribution in [0.2, 0.25) is 0 Å². The highest BCUT2D eigenvalue weighted by atomic mass is 19.4. The lowest BCUT2D eigenvalue weighted by Crippen LogP contribution is -2.46. The Labute approximate surface area is 255 Å². The number of nitrogens with zero attached hydrogens (tertiary/aromatic N) is 4. The summed E-state index contributed by atoms with van der Waals surface area (Å²) in [4.78, 5) is 22.1. The minimum atomic E-state index is -4.41. The molecular weight excluding hydrogens is 567 g/mol. The van der Waals surface area contributed by atoms with Crippen molar-refractivity contribution >= 4 is 23.4 Å². The molecule has 5 rings (SSSR count). The molecule has 44 heavy (non-hydrogen) atoms. The maximum absolute atomic E-state index is 13.6. The lowest BCUT2D eigenvalue weighted by atomic mass is 10.0. The first-order valence-corrected chi connectivity index (χ1v) is 14.6. The number of amides is 1. The molecular formula is C34H36F3N5O2. The summed E-state index contributed by atoms with van der Waals surface area (Å²) in [5.74, 6) is 0.648. The number of aromatic nitrogens is 2. The van der Waals surface area contributed by atoms with E-state index in [-0.39, 0.29) is 11.9 Å². The van der Waals surface area contributed by atoms with Gasteiger partial charge in [-0.15, -0.1) is 0 Å². The van der Waals surface area contributed by atoms with Gasteiger partial charge in [0.2, 0.25) is 5.91 Å². The molecule has 10 heteroatoms. The first-order valence-electron chi connectivity index (χ1n) is 14.6. The Hall–Kier alpha value is -4.44. The minimum Gasteiger partial charge on any atom is -0.361 e. The highest BCUT2D eigenvalue weighted by Crippen LogP contribution is 2.29. The van der Waals surface area contributed by atoms with Gasteiger partial charge in [0.25, 0.3) is 0 Å². The molecule has 7 nitrogen and oxygen atoms in total. The molecule has 1 saturated heterocycles. The molecule has 2 aromatic heterocycles. The fraction of sp³-hybridized carbons (Fsp3) is 0.324. The lowest BCUT2D eigenvalue weighted by molar-refractivity contribution is -0.137. The Kier molecular flexibility index (Phi) is 9.49. The van der Waals surface area contributed by atoms with E-state index in [0.29, 0.717) is 12.1 Å². The van der Waals surface area contributed by atoms with Gasteiger partial charge in [-0.25, -0.2) is 0 Å². The minimum absolute atomic E-state index is 0.0123. The number of carbonyl (C=O) groups excluding carboxylic acids is 1. The maximum Gasteiger partial charge on any atom is 0.416 e. The van der Waals surface area contributed by atoms with Gasteiger partial charge in [-0.1, -0.05) is 29.4 Å². The lowest BCUT2D eigenvalue weighted by Gasteiger charge is -2.38. The Morgan fingerprint density at radius 3 is 2.34 bits per heavy atom. The largest absolute Gasteiger partial charge is 0.416 e. The molecule has 2 aromatic carbocycles. The van der Waals surface area contributed by atoms with Crippen LogP contribution in [0.3, 0.4) is 0 Å². The van der Waals surface area contributed by atoms with Crippen molar-refractivity contribution in [3.05, 3.63) is 112 Å². The van der Waals surface area contributed by atoms with Crippen LogP contribution in [0.15, 0.2) is 77.5 Å². The number of aryl methyl sites for hydroxylation is 3. The number of benzene rings is 2. The number of hydrogen-bond donors (Lipinski definition) is 1. The standard InChI is InChI=1S/C34H36F3N5O2/c1-23-20-30(14-17-38-23)39-29-11-6-27(7-12-29)21-42(33(43)13-8-26-4-9-28(10-5-26)34(35,36)37)31-15-18-41(19-16-31)22-32-24(2)40-44-25(32)3/h4-14,17,20,31H,15-16,18-19,21-22H2,1-3H3,(H,38,39). The van der Waals surface area contributed by atoms with Crippen LogP contribution in [-0.2, 0) is 24.1 Å². The molecule has 1 aliphatic rings. The molecule has 1 amide bonds. The predicted octanol–water partition coefficient (Wildman–Crippen LogP) is 7.46. The first-order chi connectivity index (χ1) is 21.0. The summed E-state index contributed by atoms with van der Waals surface area (Å²) < 4.78 is 44.3. The van der Waals surface area contributed by atoms with Crippen LogP contribution >= 0.6 is 0 Å². The molecule has 1 N–H and O–H groups in total. The molecule has 0 bridgehead atoms. The SMILES string of the molecule is Cc1cc(Nc2ccc(CN(C(=O)C=Cc3ccc(C(F)(F)F)cc3)C3CCN(Cc4c(C)noc4C)CC3)cc2)ccn1. The second kappa shape index (κ2) is 13.5. The number of carbonyl (C=O) groups is 1. The molecule has 0 unspecified atom stereocenters. The van der Waals surface area contributed by atoms with Crippen molar-refractivity contribution in [2.45, 2.75) is 58.9 Å². The number of likely N-dealkylation sites (tertiary alicyclic amines) is 1. The van der Waals surface area contributed by atoms with Gasteiger partial charge < -0.3 is 14.7 Å². The van der Waals surface area contributed by atoms with Crippen LogP contribution in [0.5, 0.6) is 0 Å². The average molecular weight is 604 g/mol. The first kappa shape index (κ1) is 31.0. The van der Waals surface area contributed by atoms with E-state index >= 15 is 0 Å². The summed E-state index contributed by atoms with van der Waals surface area (Å²) in [5.41, 5.74) is 5.58. The van der Waals surface area contributed by atoms with E-state index in [0.717, 1.165) is 84.3 Å². The summed E-state index contributed by atoms with van der Waals surface area (Å²) >= 11 is 0. The van der Waals surface area contributed by atoms with Gasteiger partial charge in [-0.2, -0.15) is 13.2 Å². The number of anilines is 2. The average Bonchev–Trinajstić information content (AvgIpc) is 3.32. The quantitative estimate of drug-likeness (QED) is 0.200. The van der Waals surface area contributed by atoms with E-state index in [9.17, 15) is 18.0 Å². The number of piperidine rings is 1. The zero-order chi connectivity index (χ0) is 31.3. The van der Waals surface area contributed by atoms with Crippen molar-refractivity contribution in [2.24, 2.45) is 0 Å². The van der Waals surface area contributed by atoms with Gasteiger partial charge in [-0.05, 0) is 87.2 Å². The van der Waals surface area contributed by atoms with Crippen molar-refractivity contribution in [1.82, 2.24) is 19.9 Å². The summed E-state index contributed by atoms with van der Waals surface area (Å²) in [6, 6.07) is 16.7. The monoisotopic (exact) mass is 603 g/mol. The van der Waals surface area contributed by atoms with Gasteiger partial charge in [0, 0.05) is 67.1 Å². The van der Waals surface area contributed by atoms with Crippen LogP contribution in [-0.4, -0.2) is 45.0 Å². The van der Waals surface area contributed by atoms with Gasteiger partial charge >= 0.3 is 6.18 Å². The number of alkyl halides is 3. The Bertz CT molecular complexity index is 1570. The molecule has 0 spiro atoms. The topological polar surface area (TPSA) is 74.5 Å². The Balaban J connectivity index is 1.29. The maximum atomic E-state index is 13.6. The van der Waals surface area contributed by atoms with Gasteiger partial charge in [0.15, 0.2) is 0 Å². The van der Waals surface area contributed by atoms with Crippen molar-refractivity contribution < 1.29 is 22.5 Å². The van der Waals surface area contributed by atoms with Gasteiger partial charge in [0.1, 0.15) is 5.76 Å². The fourth-order valence-corrected chi connectivity index (χ4v) is 5.45. The highest BCUT2D eigenvalue weighted by molar-refractivity contribution is 5.92. The van der Waals surface area contributed by atoms with Crippen molar-refractivity contribution in [1.29, 1.82) is 0 Å². The van der Waals surface area contributed by atoms with Crippen LogP contribution in [0.4, 0.5) is 24.5 Å². The number of hydrogen-bond acceptors (Lipinski definition) is 6. The Morgan fingerprint density at radius 2 is 1.73 bits per heavy atom. The second-order valence-electron chi connectivity index (χ2n) is 11.2. The van der Waals surface area contributed by atoms with Crippen molar-refractivity contribution in [3.63, 3.8) is 0 Å². The van der Waals surface area contributed by atoms with E-state index in [1.54, 1.807) is 12.3 Å². The van der Waals surface area contributed by atoms with E-state index in [1.807, 2.05) is 62.1 Å². The van der Waals surface area contributed by atoms with Crippen molar-refractivity contribution in [3.8, 4) is 0 Å². The predicted molar refractivity (Wildman–Crippen MR) is 164 cm³/mol. The molecule has 230 valence electrons. The molecule has 1 aliphatic heterocycles. The third kappa shape index (κ3) is 7.93. The number of rotatable bonds is 9. The normalized spacial score (nSPS) is 14.7. The fourth-order valence-electron chi connectivity index (χ4n) is 5.45. The van der Waals surface area contributed by atoms with Gasteiger partial charge in [0.05, 0.1) is 11.3 Å². The third-order valence-electron chi connectivity index (χ3n) is 7.99. The third-order valence-corrected chi connectivity index (χ3v) is 7.99. The summed E-state index contributed by atoms with van der Waals surface area (Å²) in [5, 5.41) is 7.44. The zero-order valence-electron chi connectivity index (χ0n) is 25.1. The van der Waals surface area contributed by atoms with E-state index < -0.39 is 11.7 Å². The van der Waals surface area contributed by atoms with Crippen LogP contribution in [0, 0.1) is 20.8 Å². The summed E-state index contributed by atoms with van der Waals surface area (Å²) in [7, 11) is 0. The van der Waals surface area contributed by atoms with E-state index in [1.165, 1.54) is 18.2 Å². The van der Waals surface area contributed by atoms with E-state index in [4.69, 9.17) is 4.52 Å². The van der Waals surface area contributed by atoms with Crippen LogP contribution < -0.4 is 5.32 Å². The summed E-state index contributed by atoms with van der Waals surface area (Å²) in [6.45, 7) is 8.60. The molecule has 0 atom stereocenters. The number of pyridine rings is 1. The van der Waals surface area contributed by atoms with E-state index in [2.05, 4.69) is 20.4 Å². The number of nitrogens with one attached hydrogen (secondary N) is 1. The molecule has 1 fully saturated rings. The highest BCUT2D eigenvalue weighted by Gasteiger charge is 2.30. The number of halogens is 3. The molecule has 4 aromatic rings. The van der Waals surface area contributed by atoms with Crippen molar-refractivity contribution in [2.75, 3.05) is 18.4 Å². The molecule has 0 saturated carbocycles. The smallest absolute Gasteiger partial charge is 0.361 e. The summed E-state index contributed by atoms with van der Waals surface area (Å²) in [6.07, 6.45) is 1.98. The molecule has 0 radical (unpaired) electrons. The zero-order valence-corrected chi connectivity index (χ0v) is 25.1.